The Bertz CT molecular complexity index is 2560. The largest absolute Gasteiger partial charge is 0.497 e. The molecule has 0 aliphatic heterocycles. The van der Waals surface area contributed by atoms with Crippen LogP contribution < -0.4 is 21.8 Å². The Morgan fingerprint density at radius 2 is 1.25 bits per heavy atom. The van der Waals surface area contributed by atoms with Gasteiger partial charge >= 0.3 is 22.1 Å². The van der Waals surface area contributed by atoms with Gasteiger partial charge in [0.05, 0.1) is 29.1 Å². The molecule has 0 spiro atoms. The zero-order valence-corrected chi connectivity index (χ0v) is 32.8. The van der Waals surface area contributed by atoms with Crippen molar-refractivity contribution < 1.29 is 18.4 Å². The van der Waals surface area contributed by atoms with E-state index >= 15 is 0 Å². The van der Waals surface area contributed by atoms with Gasteiger partial charge < -0.3 is 4.74 Å². The molecular formula is C32H33F2N11O6S4. The third-order valence-corrected chi connectivity index (χ3v) is 8.83. The molecule has 4 aromatic heterocycles. The van der Waals surface area contributed by atoms with Gasteiger partial charge in [0.15, 0.2) is 4.34 Å². The first kappa shape index (κ1) is 43.4. The molecule has 17 nitrogen and oxygen atoms in total. The second-order valence-electron chi connectivity index (χ2n) is 9.52. The maximum atomic E-state index is 13.3. The van der Waals surface area contributed by atoms with Crippen molar-refractivity contribution in [3.8, 4) is 22.8 Å². The van der Waals surface area contributed by atoms with E-state index in [1.54, 1.807) is 43.5 Å². The molecule has 4 heterocycles. The number of aromatic amines is 5. The van der Waals surface area contributed by atoms with Crippen LogP contribution in [0.1, 0.15) is 27.7 Å². The van der Waals surface area contributed by atoms with Gasteiger partial charge in [0.25, 0.3) is 0 Å². The van der Waals surface area contributed by atoms with Crippen LogP contribution in [0.2, 0.25) is 0 Å². The lowest BCUT2D eigenvalue weighted by Gasteiger charge is -2.03. The fourth-order valence-corrected chi connectivity index (χ4v) is 6.33. The summed E-state index contributed by atoms with van der Waals surface area (Å²) in [6.45, 7) is 8.00. The van der Waals surface area contributed by atoms with E-state index < -0.39 is 27.9 Å². The van der Waals surface area contributed by atoms with E-state index in [2.05, 4.69) is 35.6 Å². The number of nitrogens with zero attached hydrogens (tertiary/aromatic N) is 6. The van der Waals surface area contributed by atoms with E-state index in [9.17, 15) is 33.3 Å². The van der Waals surface area contributed by atoms with E-state index in [1.165, 1.54) is 50.1 Å². The number of rotatable bonds is 7. The summed E-state index contributed by atoms with van der Waals surface area (Å²) in [6, 6.07) is 18.2. The van der Waals surface area contributed by atoms with Crippen molar-refractivity contribution in [3.05, 3.63) is 142 Å². The lowest BCUT2D eigenvalue weighted by atomic mass is 10.3. The number of ether oxygens (including phenoxy) is 1. The van der Waals surface area contributed by atoms with Crippen LogP contribution in [0.25, 0.3) is 17.1 Å². The first-order valence-corrected chi connectivity index (χ1v) is 18.3. The topological polar surface area (TPSA) is 223 Å². The standard InChI is InChI=1S/C11H6FN5O3S2.C9H9N3O2S.C8H6FN3OS.2C2H6/c12-6-2-1-3-7(4-6)16-9(18)14-15-10(16)22-11-13-5-8(21-11)17(19)20;1-14-7-4-2-3-6(5-7)12-8(13)10-11-9(12)15;9-5-2-1-3-6(4-5)12-7(13)10-11-8(12)14;2*1-2/h1-5H,(H,14,18);2-5H,1H3,(H,10,13)(H,11,15);1-4H,(H,10,13)(H,11,14);2*1-2H3. The van der Waals surface area contributed by atoms with Gasteiger partial charge in [-0.2, -0.15) is 0 Å². The van der Waals surface area contributed by atoms with E-state index in [0.717, 1.165) is 29.3 Å². The molecule has 0 bridgehead atoms. The summed E-state index contributed by atoms with van der Waals surface area (Å²) in [5, 5.41) is 26.6. The molecule has 0 saturated heterocycles. The van der Waals surface area contributed by atoms with Crippen molar-refractivity contribution in [3.63, 3.8) is 0 Å². The summed E-state index contributed by atoms with van der Waals surface area (Å²) in [5.74, 6) is -0.230. The van der Waals surface area contributed by atoms with Crippen molar-refractivity contribution in [1.82, 2.24) is 49.3 Å². The number of methoxy groups -OCH3 is 1. The molecule has 55 heavy (non-hydrogen) atoms. The summed E-state index contributed by atoms with van der Waals surface area (Å²) in [7, 11) is 1.57. The summed E-state index contributed by atoms with van der Waals surface area (Å²) < 4.78 is 35.8. The highest BCUT2D eigenvalue weighted by Crippen LogP contribution is 2.33. The first-order chi connectivity index (χ1) is 26.4. The Morgan fingerprint density at radius 1 is 0.764 bits per heavy atom. The molecule has 0 atom stereocenters. The molecule has 23 heteroatoms. The molecule has 0 aliphatic carbocycles. The average molecular weight is 834 g/mol. The smallest absolute Gasteiger partial charge is 0.348 e. The van der Waals surface area contributed by atoms with Gasteiger partial charge in [-0.05, 0) is 96.1 Å². The van der Waals surface area contributed by atoms with Crippen LogP contribution in [-0.2, 0) is 0 Å². The van der Waals surface area contributed by atoms with Gasteiger partial charge in [0, 0.05) is 6.07 Å². The maximum absolute atomic E-state index is 13.3. The Morgan fingerprint density at radius 3 is 1.69 bits per heavy atom. The average Bonchev–Trinajstić information content (AvgIpc) is 3.97. The minimum Gasteiger partial charge on any atom is -0.497 e. The third kappa shape index (κ3) is 11.5. The van der Waals surface area contributed by atoms with E-state index in [0.29, 0.717) is 31.9 Å². The van der Waals surface area contributed by atoms with Gasteiger partial charge in [0.1, 0.15) is 23.6 Å². The minimum absolute atomic E-state index is 0.113. The van der Waals surface area contributed by atoms with E-state index in [1.807, 2.05) is 27.7 Å². The van der Waals surface area contributed by atoms with Crippen molar-refractivity contribution >= 4 is 52.5 Å². The van der Waals surface area contributed by atoms with Crippen molar-refractivity contribution in [2.75, 3.05) is 7.11 Å². The van der Waals surface area contributed by atoms with Gasteiger partial charge in [-0.15, -0.1) is 5.10 Å². The van der Waals surface area contributed by atoms with Gasteiger partial charge in [-0.1, -0.05) is 45.9 Å². The van der Waals surface area contributed by atoms with E-state index in [4.69, 9.17) is 29.2 Å². The zero-order chi connectivity index (χ0) is 40.7. The van der Waals surface area contributed by atoms with Crippen LogP contribution in [0.4, 0.5) is 13.8 Å². The fraction of sp³-hybridized carbons (Fsp3) is 0.156. The number of aromatic nitrogens is 10. The van der Waals surface area contributed by atoms with Crippen LogP contribution in [0.5, 0.6) is 5.75 Å². The number of H-pyrrole nitrogens is 5. The number of nitrogens with one attached hydrogen (secondary N) is 5. The highest BCUT2D eigenvalue weighted by Gasteiger charge is 2.17. The SMILES string of the molecule is CC.CC.COc1cccc(-n2c(=O)[nH][nH]c2=S)c1.O=c1[nH][nH]c(=S)n1-c1cccc(F)c1.O=c1[nH]nc(Sc2ncc([N+](=O)[O-])s2)n1-c1cccc(F)c1. The molecule has 0 fully saturated rings. The van der Waals surface area contributed by atoms with Crippen LogP contribution in [0, 0.1) is 31.3 Å². The summed E-state index contributed by atoms with van der Waals surface area (Å²) in [5.41, 5.74) is 0.111. The fourth-order valence-electron chi connectivity index (χ4n) is 4.11. The monoisotopic (exact) mass is 833 g/mol. The molecular weight excluding hydrogens is 801 g/mol. The van der Waals surface area contributed by atoms with Crippen molar-refractivity contribution in [2.45, 2.75) is 37.2 Å². The van der Waals surface area contributed by atoms with Gasteiger partial charge in [0.2, 0.25) is 14.7 Å². The third-order valence-electron chi connectivity index (χ3n) is 6.28. The second-order valence-corrected chi connectivity index (χ2v) is 12.5. The first-order valence-electron chi connectivity index (χ1n) is 15.9. The Hall–Kier alpha value is -6.04. The Labute approximate surface area is 327 Å². The second kappa shape index (κ2) is 21.0. The molecule has 7 rings (SSSR count). The number of hydrogen-bond donors (Lipinski definition) is 5. The number of hydrogen-bond acceptors (Lipinski definition) is 12. The predicted molar refractivity (Wildman–Crippen MR) is 209 cm³/mol. The summed E-state index contributed by atoms with van der Waals surface area (Å²) >= 11 is 11.7. The highest BCUT2D eigenvalue weighted by atomic mass is 32.2. The normalized spacial score (nSPS) is 9.95. The summed E-state index contributed by atoms with van der Waals surface area (Å²) in [6.07, 6.45) is 1.13. The molecule has 0 saturated carbocycles. The lowest BCUT2D eigenvalue weighted by molar-refractivity contribution is -0.380. The quantitative estimate of drug-likeness (QED) is 0.0634. The van der Waals surface area contributed by atoms with Gasteiger partial charge in [-0.25, -0.2) is 57.1 Å². The lowest BCUT2D eigenvalue weighted by Crippen LogP contribution is -2.15. The van der Waals surface area contributed by atoms with E-state index in [-0.39, 0.29) is 20.6 Å². The van der Waals surface area contributed by atoms with Crippen LogP contribution in [0.3, 0.4) is 0 Å². The van der Waals surface area contributed by atoms with Gasteiger partial charge in [-0.3, -0.25) is 20.3 Å². The molecule has 0 unspecified atom stereocenters. The number of thiazole rings is 1. The zero-order valence-electron chi connectivity index (χ0n) is 29.5. The molecule has 0 amide bonds. The number of nitro groups is 1. The molecule has 0 radical (unpaired) electrons. The highest BCUT2D eigenvalue weighted by molar-refractivity contribution is 8.01. The van der Waals surface area contributed by atoms with Crippen molar-refractivity contribution in [1.29, 1.82) is 0 Å². The van der Waals surface area contributed by atoms with Crippen molar-refractivity contribution in [2.24, 2.45) is 0 Å². The maximum Gasteiger partial charge on any atom is 0.348 e. The van der Waals surface area contributed by atoms with Crippen LogP contribution in [0.15, 0.2) is 103 Å². The van der Waals surface area contributed by atoms with Crippen LogP contribution >= 0.6 is 47.5 Å². The number of benzene rings is 3. The minimum atomic E-state index is -0.550. The molecule has 290 valence electrons. The Kier molecular flexibility index (Phi) is 16.6. The summed E-state index contributed by atoms with van der Waals surface area (Å²) in [4.78, 5) is 48.5. The van der Waals surface area contributed by atoms with Crippen LogP contribution in [-0.4, -0.2) is 61.3 Å². The molecule has 3 aromatic carbocycles. The number of halogens is 2. The molecule has 0 aliphatic rings. The Balaban J connectivity index is 0.000000218. The molecule has 7 aromatic rings. The predicted octanol–water partition coefficient (Wildman–Crippen LogP) is 6.86. The molecule has 5 N–H and O–H groups in total.